The minimum atomic E-state index is -1.05. The van der Waals surface area contributed by atoms with Gasteiger partial charge in [0.25, 0.3) is 0 Å². The first-order valence-electron chi connectivity index (χ1n) is 13.3. The summed E-state index contributed by atoms with van der Waals surface area (Å²) in [5.41, 5.74) is 1.44. The molecule has 3 heterocycles. The molecule has 2 N–H and O–H groups in total. The van der Waals surface area contributed by atoms with Crippen molar-refractivity contribution in [3.8, 4) is 0 Å². The van der Waals surface area contributed by atoms with Crippen LogP contribution in [0.15, 0.2) is 23.0 Å². The van der Waals surface area contributed by atoms with Gasteiger partial charge in [-0.25, -0.2) is 14.4 Å². The van der Waals surface area contributed by atoms with Crippen molar-refractivity contribution in [1.82, 2.24) is 24.3 Å². The molecule has 2 aliphatic heterocycles. The molecule has 3 amide bonds. The van der Waals surface area contributed by atoms with Gasteiger partial charge in [0.1, 0.15) is 17.7 Å². The molecule has 39 heavy (non-hydrogen) atoms. The highest BCUT2D eigenvalue weighted by Crippen LogP contribution is 2.24. The number of hydrogen-bond donors (Lipinski definition) is 2. The zero-order valence-corrected chi connectivity index (χ0v) is 22.9. The maximum Gasteiger partial charge on any atom is 0.411 e. The van der Waals surface area contributed by atoms with Gasteiger partial charge in [-0.3, -0.25) is 33.8 Å². The summed E-state index contributed by atoms with van der Waals surface area (Å²) < 4.78 is 8.38. The summed E-state index contributed by atoms with van der Waals surface area (Å²) >= 11 is 0. The van der Waals surface area contributed by atoms with E-state index in [0.717, 1.165) is 30.3 Å². The Morgan fingerprint density at radius 1 is 1.10 bits per heavy atom. The fourth-order valence-corrected chi connectivity index (χ4v) is 5.25. The molecule has 2 fully saturated rings. The molecular formula is C27H37N5O7. The fourth-order valence-electron chi connectivity index (χ4n) is 5.25. The fraction of sp³-hybridized carbons (Fsp3) is 0.593. The number of aliphatic carboxylic acids is 1. The summed E-state index contributed by atoms with van der Waals surface area (Å²) in [6, 6.07) is 4.09. The van der Waals surface area contributed by atoms with Crippen molar-refractivity contribution < 1.29 is 29.0 Å². The van der Waals surface area contributed by atoms with Crippen LogP contribution < -0.4 is 11.0 Å². The van der Waals surface area contributed by atoms with Crippen LogP contribution in [0.2, 0.25) is 0 Å². The van der Waals surface area contributed by atoms with E-state index in [4.69, 9.17) is 4.74 Å². The van der Waals surface area contributed by atoms with Crippen LogP contribution in [0.4, 0.5) is 4.79 Å². The SMILES string of the molecule is Cn1c(=O)n(C2CCC(=O)NC2=O)c2ccc(CCCCN3CCN(C(=O)OC(C)(C)C)[C@@H](C(=O)O)C3)cc21. The lowest BCUT2D eigenvalue weighted by Crippen LogP contribution is -2.59. The van der Waals surface area contributed by atoms with E-state index >= 15 is 0 Å². The second-order valence-corrected chi connectivity index (χ2v) is 11.3. The minimum Gasteiger partial charge on any atom is -0.480 e. The van der Waals surface area contributed by atoms with Crippen molar-refractivity contribution in [2.24, 2.45) is 7.05 Å². The molecular weight excluding hydrogens is 506 g/mol. The molecule has 0 aliphatic carbocycles. The number of carboxylic acid groups (broad SMARTS) is 1. The lowest BCUT2D eigenvalue weighted by molar-refractivity contribution is -0.145. The van der Waals surface area contributed by atoms with E-state index in [1.165, 1.54) is 14.0 Å². The lowest BCUT2D eigenvalue weighted by Gasteiger charge is -2.39. The monoisotopic (exact) mass is 543 g/mol. The number of carbonyl (C=O) groups excluding carboxylic acids is 3. The Balaban J connectivity index is 1.34. The Hall–Kier alpha value is -3.67. The number of fused-ring (bicyclic) bond motifs is 1. The maximum absolute atomic E-state index is 13.0. The van der Waals surface area contributed by atoms with Crippen molar-refractivity contribution in [3.05, 3.63) is 34.2 Å². The number of unbranched alkanes of at least 4 members (excludes halogenated alkanes) is 1. The number of piperidine rings is 1. The predicted molar refractivity (Wildman–Crippen MR) is 142 cm³/mol. The van der Waals surface area contributed by atoms with Gasteiger partial charge in [0.15, 0.2) is 0 Å². The lowest BCUT2D eigenvalue weighted by atomic mass is 10.0. The zero-order valence-electron chi connectivity index (χ0n) is 22.9. The third-order valence-electron chi connectivity index (χ3n) is 7.24. The largest absolute Gasteiger partial charge is 0.480 e. The number of benzene rings is 1. The van der Waals surface area contributed by atoms with E-state index in [0.29, 0.717) is 31.6 Å². The number of ether oxygens (including phenoxy) is 1. The molecule has 0 spiro atoms. The first-order valence-corrected chi connectivity index (χ1v) is 13.3. The Kier molecular flexibility index (Phi) is 8.15. The summed E-state index contributed by atoms with van der Waals surface area (Å²) in [4.78, 5) is 64.6. The molecule has 1 unspecified atom stereocenters. The summed E-state index contributed by atoms with van der Waals surface area (Å²) in [5, 5.41) is 12.0. The molecule has 0 saturated carbocycles. The van der Waals surface area contributed by atoms with Gasteiger partial charge in [-0.1, -0.05) is 6.07 Å². The topological polar surface area (TPSA) is 143 Å². The van der Waals surface area contributed by atoms with Gasteiger partial charge in [-0.2, -0.15) is 0 Å². The molecule has 4 rings (SSSR count). The van der Waals surface area contributed by atoms with Crippen LogP contribution in [0.3, 0.4) is 0 Å². The van der Waals surface area contributed by atoms with E-state index in [2.05, 4.69) is 10.2 Å². The molecule has 1 aromatic heterocycles. The molecule has 212 valence electrons. The average Bonchev–Trinajstić information content (AvgIpc) is 3.10. The average molecular weight is 544 g/mol. The second-order valence-electron chi connectivity index (χ2n) is 11.3. The number of aryl methyl sites for hydroxylation is 2. The number of aromatic nitrogens is 2. The standard InChI is InChI=1S/C27H37N5O7/c1-27(2,3)39-26(38)31-14-13-30(16-21(31)24(35)36)12-6-5-7-17-8-9-18-20(15-17)29(4)25(37)32(18)19-10-11-22(33)28-23(19)34/h8-9,15,19,21H,5-7,10-14,16H2,1-4H3,(H,35,36)(H,28,33,34)/t19?,21-/m1/s1. The van der Waals surface area contributed by atoms with Crippen molar-refractivity contribution in [1.29, 1.82) is 0 Å². The highest BCUT2D eigenvalue weighted by molar-refractivity contribution is 6.00. The van der Waals surface area contributed by atoms with E-state index < -0.39 is 35.7 Å². The van der Waals surface area contributed by atoms with Crippen LogP contribution in [-0.2, 0) is 32.6 Å². The number of rotatable bonds is 7. The van der Waals surface area contributed by atoms with Gasteiger partial charge in [0.05, 0.1) is 11.0 Å². The van der Waals surface area contributed by atoms with E-state index in [1.54, 1.807) is 27.8 Å². The maximum atomic E-state index is 13.0. The minimum absolute atomic E-state index is 0.195. The Labute approximate surface area is 226 Å². The van der Waals surface area contributed by atoms with Crippen molar-refractivity contribution >= 4 is 34.9 Å². The van der Waals surface area contributed by atoms with Gasteiger partial charge in [-0.05, 0) is 70.7 Å². The number of imidazole rings is 1. The van der Waals surface area contributed by atoms with E-state index in [1.807, 2.05) is 18.2 Å². The smallest absolute Gasteiger partial charge is 0.411 e. The van der Waals surface area contributed by atoms with Crippen LogP contribution in [0.5, 0.6) is 0 Å². The summed E-state index contributed by atoms with van der Waals surface area (Å²) in [6.45, 7) is 7.08. The molecule has 2 aromatic rings. The third-order valence-corrected chi connectivity index (χ3v) is 7.24. The number of amides is 3. The second kappa shape index (κ2) is 11.2. The number of carbonyl (C=O) groups is 4. The number of hydrogen-bond acceptors (Lipinski definition) is 7. The predicted octanol–water partition coefficient (Wildman–Crippen LogP) is 1.65. The van der Waals surface area contributed by atoms with Gasteiger partial charge >= 0.3 is 17.8 Å². The van der Waals surface area contributed by atoms with Gasteiger partial charge < -0.3 is 9.84 Å². The van der Waals surface area contributed by atoms with Crippen molar-refractivity contribution in [2.45, 2.75) is 70.6 Å². The third kappa shape index (κ3) is 6.32. The summed E-state index contributed by atoms with van der Waals surface area (Å²) in [6.07, 6.45) is 2.35. The molecule has 12 heteroatoms. The van der Waals surface area contributed by atoms with Crippen LogP contribution in [0.25, 0.3) is 11.0 Å². The van der Waals surface area contributed by atoms with Crippen LogP contribution in [0.1, 0.15) is 58.1 Å². The molecule has 2 saturated heterocycles. The molecule has 0 bridgehead atoms. The zero-order chi connectivity index (χ0) is 28.5. The quantitative estimate of drug-likeness (QED) is 0.396. The number of nitrogens with one attached hydrogen (secondary N) is 1. The van der Waals surface area contributed by atoms with Crippen molar-refractivity contribution in [2.75, 3.05) is 26.2 Å². The van der Waals surface area contributed by atoms with Crippen LogP contribution in [-0.4, -0.2) is 85.7 Å². The van der Waals surface area contributed by atoms with Gasteiger partial charge in [-0.15, -0.1) is 0 Å². The summed E-state index contributed by atoms with van der Waals surface area (Å²) in [5.74, 6) is -1.83. The molecule has 0 radical (unpaired) electrons. The highest BCUT2D eigenvalue weighted by atomic mass is 16.6. The Morgan fingerprint density at radius 2 is 1.85 bits per heavy atom. The van der Waals surface area contributed by atoms with E-state index in [-0.39, 0.29) is 24.6 Å². The first kappa shape index (κ1) is 28.3. The number of carboxylic acids is 1. The van der Waals surface area contributed by atoms with Gasteiger partial charge in [0.2, 0.25) is 11.8 Å². The molecule has 2 atom stereocenters. The molecule has 2 aliphatic rings. The first-order chi connectivity index (χ1) is 18.4. The molecule has 1 aromatic carbocycles. The van der Waals surface area contributed by atoms with Crippen LogP contribution in [0, 0.1) is 0 Å². The Morgan fingerprint density at radius 3 is 2.51 bits per heavy atom. The number of piperazine rings is 1. The molecule has 12 nitrogen and oxygen atoms in total. The Bertz CT molecular complexity index is 1340. The van der Waals surface area contributed by atoms with Crippen molar-refractivity contribution in [3.63, 3.8) is 0 Å². The van der Waals surface area contributed by atoms with Crippen LogP contribution >= 0.6 is 0 Å². The normalized spacial score (nSPS) is 20.8. The van der Waals surface area contributed by atoms with E-state index in [9.17, 15) is 29.1 Å². The number of imide groups is 1. The number of nitrogens with zero attached hydrogens (tertiary/aromatic N) is 4. The van der Waals surface area contributed by atoms with Gasteiger partial charge in [0, 0.05) is 33.1 Å². The highest BCUT2D eigenvalue weighted by Gasteiger charge is 2.37. The summed E-state index contributed by atoms with van der Waals surface area (Å²) in [7, 11) is 1.67.